The first kappa shape index (κ1) is 53.3. The normalized spacial score (nSPS) is 20.3. The largest absolute Gasteiger partial charge is 0.459 e. The molecule has 1 aliphatic heterocycles. The molecule has 0 saturated carbocycles. The van der Waals surface area contributed by atoms with Crippen molar-refractivity contribution in [3.63, 3.8) is 0 Å². The molecule has 19 heteroatoms. The van der Waals surface area contributed by atoms with E-state index in [0.29, 0.717) is 18.4 Å². The van der Waals surface area contributed by atoms with E-state index in [1.54, 1.807) is 12.3 Å². The van der Waals surface area contributed by atoms with E-state index >= 15 is 0 Å². The fraction of sp³-hybridized carbons (Fsp3) is 0.565. The Labute approximate surface area is 379 Å². The Bertz CT molecular complexity index is 1950. The molecule has 0 aliphatic carbocycles. The van der Waals surface area contributed by atoms with Gasteiger partial charge in [-0.2, -0.15) is 0 Å². The van der Waals surface area contributed by atoms with Gasteiger partial charge in [0.25, 0.3) is 0 Å². The van der Waals surface area contributed by atoms with E-state index in [-0.39, 0.29) is 38.6 Å². The van der Waals surface area contributed by atoms with Gasteiger partial charge in [-0.15, -0.1) is 0 Å². The van der Waals surface area contributed by atoms with E-state index in [0.717, 1.165) is 49.4 Å². The molecule has 3 rings (SSSR count). The van der Waals surface area contributed by atoms with Crippen LogP contribution < -0.4 is 37.6 Å². The molecule has 3 unspecified atom stereocenters. The Morgan fingerprint density at radius 2 is 1.65 bits per heavy atom. The Balaban J connectivity index is 1.63. The summed E-state index contributed by atoms with van der Waals surface area (Å²) in [6, 6.07) is 1.66. The first-order chi connectivity index (χ1) is 31.2. The molecule has 6 atom stereocenters. The molecule has 1 aromatic carbocycles. The number of aromatic nitrogens is 1. The third-order valence-electron chi connectivity index (χ3n) is 10.8. The molecule has 358 valence electrons. The molecule has 1 fully saturated rings. The Kier molecular flexibility index (Phi) is 24.1. The number of carbonyl (C=O) groups is 8. The molecular formula is C46H68N8O11. The number of amides is 7. The number of H-pyrrole nitrogens is 1. The number of hydrogen-bond donors (Lipinski definition) is 10. The Morgan fingerprint density at radius 1 is 0.892 bits per heavy atom. The second-order valence-electron chi connectivity index (χ2n) is 16.2. The molecule has 1 aromatic heterocycles. The van der Waals surface area contributed by atoms with Crippen LogP contribution in [0, 0.1) is 0 Å². The fourth-order valence-corrected chi connectivity index (χ4v) is 7.09. The summed E-state index contributed by atoms with van der Waals surface area (Å²) in [4.78, 5) is 108. The number of fused-ring (bicyclic) bond motifs is 1. The smallest absolute Gasteiger partial charge is 0.325 e. The van der Waals surface area contributed by atoms with Gasteiger partial charge in [0.2, 0.25) is 41.4 Å². The zero-order chi connectivity index (χ0) is 47.6. The molecule has 2 aromatic rings. The third-order valence-corrected chi connectivity index (χ3v) is 10.8. The molecular weight excluding hydrogens is 841 g/mol. The maximum absolute atomic E-state index is 13.7. The number of rotatable bonds is 23. The molecule has 0 radical (unpaired) electrons. The fourth-order valence-electron chi connectivity index (χ4n) is 7.09. The molecule has 7 amide bonds. The summed E-state index contributed by atoms with van der Waals surface area (Å²) in [6.07, 6.45) is 15.6. The number of aromatic amines is 1. The predicted molar refractivity (Wildman–Crippen MR) is 242 cm³/mol. The van der Waals surface area contributed by atoms with Crippen LogP contribution in [0.1, 0.15) is 109 Å². The number of ether oxygens (including phenoxy) is 1. The van der Waals surface area contributed by atoms with Crippen LogP contribution >= 0.6 is 0 Å². The highest BCUT2D eigenvalue weighted by atomic mass is 16.5. The lowest BCUT2D eigenvalue weighted by Gasteiger charge is -2.27. The predicted octanol–water partition coefficient (Wildman–Crippen LogP) is 1.26. The number of aliphatic hydroxyl groups is 2. The Morgan fingerprint density at radius 3 is 2.40 bits per heavy atom. The van der Waals surface area contributed by atoms with Crippen molar-refractivity contribution in [2.24, 2.45) is 5.73 Å². The summed E-state index contributed by atoms with van der Waals surface area (Å²) in [5, 5.41) is 35.9. The maximum Gasteiger partial charge on any atom is 0.325 e. The number of esters is 1. The van der Waals surface area contributed by atoms with Crippen molar-refractivity contribution in [3.8, 4) is 0 Å². The highest BCUT2D eigenvalue weighted by Gasteiger charge is 2.34. The summed E-state index contributed by atoms with van der Waals surface area (Å²) in [7, 11) is 0. The minimum Gasteiger partial charge on any atom is -0.459 e. The van der Waals surface area contributed by atoms with E-state index in [9.17, 15) is 48.6 Å². The van der Waals surface area contributed by atoms with Crippen LogP contribution in [0.2, 0.25) is 0 Å². The number of aliphatic hydroxyl groups excluding tert-OH is 2. The molecule has 65 heavy (non-hydrogen) atoms. The average Bonchev–Trinajstić information content (AvgIpc) is 3.68. The van der Waals surface area contributed by atoms with Crippen LogP contribution in [0.15, 0.2) is 54.8 Å². The number of carbonyl (C=O) groups excluding carboxylic acids is 8. The van der Waals surface area contributed by atoms with Crippen LogP contribution in [0.5, 0.6) is 0 Å². The van der Waals surface area contributed by atoms with Crippen molar-refractivity contribution in [2.75, 3.05) is 19.7 Å². The number of cyclic esters (lactones) is 1. The highest BCUT2D eigenvalue weighted by Crippen LogP contribution is 2.19. The molecule has 19 nitrogen and oxygen atoms in total. The summed E-state index contributed by atoms with van der Waals surface area (Å²) in [5.41, 5.74) is 6.82. The second kappa shape index (κ2) is 29.4. The molecule has 1 aliphatic rings. The van der Waals surface area contributed by atoms with E-state index in [1.807, 2.05) is 36.4 Å². The lowest BCUT2D eigenvalue weighted by atomic mass is 10.0. The summed E-state index contributed by atoms with van der Waals surface area (Å²) in [5.74, 6) is -6.39. The molecule has 2 heterocycles. The average molecular weight is 909 g/mol. The third kappa shape index (κ3) is 20.1. The van der Waals surface area contributed by atoms with Gasteiger partial charge < -0.3 is 57.6 Å². The van der Waals surface area contributed by atoms with Crippen LogP contribution in [0.4, 0.5) is 0 Å². The summed E-state index contributed by atoms with van der Waals surface area (Å²) >= 11 is 0. The summed E-state index contributed by atoms with van der Waals surface area (Å²) < 4.78 is 5.39. The molecule has 0 bridgehead atoms. The van der Waals surface area contributed by atoms with Gasteiger partial charge in [0.1, 0.15) is 36.8 Å². The van der Waals surface area contributed by atoms with E-state index in [1.165, 1.54) is 19.8 Å². The quantitative estimate of drug-likeness (QED) is 0.0430. The number of nitrogens with two attached hydrogens (primary N) is 1. The van der Waals surface area contributed by atoms with Crippen molar-refractivity contribution in [3.05, 3.63) is 60.3 Å². The monoisotopic (exact) mass is 909 g/mol. The van der Waals surface area contributed by atoms with Crippen molar-refractivity contribution in [1.29, 1.82) is 0 Å². The van der Waals surface area contributed by atoms with Gasteiger partial charge in [0.05, 0.1) is 12.7 Å². The number of primary amides is 1. The second-order valence-corrected chi connectivity index (χ2v) is 16.2. The van der Waals surface area contributed by atoms with Crippen molar-refractivity contribution in [1.82, 2.24) is 36.9 Å². The van der Waals surface area contributed by atoms with Crippen molar-refractivity contribution >= 4 is 58.2 Å². The van der Waals surface area contributed by atoms with Gasteiger partial charge in [-0.25, -0.2) is 0 Å². The lowest BCUT2D eigenvalue weighted by Crippen LogP contribution is -2.58. The number of unbranched alkanes of at least 4 members (excludes halogenated alkanes) is 7. The van der Waals surface area contributed by atoms with Gasteiger partial charge in [-0.3, -0.25) is 38.4 Å². The SMILES string of the molecule is CCCCC/C=C/C=C/C(O)CCCCCCCC(=O)N[C@H](CCC(N)=O)C(=O)NC1C(=O)NCCC(=O)N[C@H](Cc2c[nH]c3ccccc23)C(=O)N[C@H](CO)C(=O)NCC(=O)OC1C. The number of allylic oxidation sites excluding steroid dienone is 3. The number of nitrogens with one attached hydrogen (secondary N) is 7. The number of para-hydroxylation sites is 1. The van der Waals surface area contributed by atoms with Crippen molar-refractivity contribution in [2.45, 2.75) is 147 Å². The Hall–Kier alpha value is -6.08. The minimum atomic E-state index is -1.59. The maximum atomic E-state index is 13.7. The van der Waals surface area contributed by atoms with Gasteiger partial charge in [-0.1, -0.05) is 88.0 Å². The molecule has 0 spiro atoms. The van der Waals surface area contributed by atoms with Crippen LogP contribution in [-0.2, 0) is 49.5 Å². The molecule has 11 N–H and O–H groups in total. The lowest BCUT2D eigenvalue weighted by molar-refractivity contribution is -0.152. The standard InChI is InChI=1S/C46H68N8O11/c1-3-4-5-6-7-9-12-17-32(56)18-13-10-8-11-14-21-39(58)51-35(22-23-38(47)57)44(62)54-42-30(2)65-41(60)28-50-43(61)37(29-55)53-45(63)36(52-40(59)24-25-48-46(42)64)26-31-27-49-34-20-16-15-19-33(31)34/h7,9,12,15-17,19-20,27,30,32,35-37,42,49,55-56H,3-6,8,10-11,13-14,18,21-26,28-29H2,1-2H3,(H2,47,57)(H,48,64)(H,50,61)(H,51,58)(H,52,59)(H,53,63)(H,54,62)/b9-7+,17-12+/t30?,32?,35-,36-,37-,42?/m1/s1. The zero-order valence-electron chi connectivity index (χ0n) is 37.5. The minimum absolute atomic E-state index is 0.0129. The number of benzene rings is 1. The van der Waals surface area contributed by atoms with Crippen LogP contribution in [-0.4, -0.2) is 119 Å². The zero-order valence-corrected chi connectivity index (χ0v) is 37.5. The van der Waals surface area contributed by atoms with E-state index in [4.69, 9.17) is 10.5 Å². The van der Waals surface area contributed by atoms with E-state index in [2.05, 4.69) is 49.9 Å². The first-order valence-electron chi connectivity index (χ1n) is 22.6. The molecule has 1 saturated heterocycles. The highest BCUT2D eigenvalue weighted by molar-refractivity contribution is 5.95. The van der Waals surface area contributed by atoms with Gasteiger partial charge in [-0.05, 0) is 50.7 Å². The van der Waals surface area contributed by atoms with Crippen LogP contribution in [0.25, 0.3) is 10.9 Å². The summed E-state index contributed by atoms with van der Waals surface area (Å²) in [6.45, 7) is 1.59. The van der Waals surface area contributed by atoms with Gasteiger partial charge in [0, 0.05) is 49.3 Å². The number of hydrogen-bond acceptors (Lipinski definition) is 11. The first-order valence-corrected chi connectivity index (χ1v) is 22.6. The van der Waals surface area contributed by atoms with Gasteiger partial charge in [0.15, 0.2) is 0 Å². The van der Waals surface area contributed by atoms with Gasteiger partial charge >= 0.3 is 5.97 Å². The van der Waals surface area contributed by atoms with Crippen molar-refractivity contribution < 1.29 is 53.3 Å². The topological polar surface area (TPSA) is 300 Å². The van der Waals surface area contributed by atoms with Crippen LogP contribution in [0.3, 0.4) is 0 Å². The van der Waals surface area contributed by atoms with E-state index < -0.39 is 96.8 Å².